The van der Waals surface area contributed by atoms with Gasteiger partial charge in [-0.15, -0.1) is 0 Å². The van der Waals surface area contributed by atoms with Crippen molar-refractivity contribution in [2.75, 3.05) is 13.6 Å². The van der Waals surface area contributed by atoms with Crippen molar-refractivity contribution >= 4 is 27.7 Å². The van der Waals surface area contributed by atoms with Crippen LogP contribution in [0.15, 0.2) is 28.7 Å². The third-order valence-electron chi connectivity index (χ3n) is 2.71. The lowest BCUT2D eigenvalue weighted by Crippen LogP contribution is -2.45. The topological polar surface area (TPSA) is 72.6 Å². The van der Waals surface area contributed by atoms with Crippen LogP contribution in [0.3, 0.4) is 0 Å². The van der Waals surface area contributed by atoms with Crippen LogP contribution in [0.2, 0.25) is 0 Å². The zero-order valence-corrected chi connectivity index (χ0v) is 13.4. The van der Waals surface area contributed by atoms with E-state index in [-0.39, 0.29) is 18.4 Å². The van der Waals surface area contributed by atoms with Crippen LogP contribution in [-0.4, -0.2) is 36.4 Å². The summed E-state index contributed by atoms with van der Waals surface area (Å²) in [6, 6.07) is 7.31. The van der Waals surface area contributed by atoms with E-state index in [1.807, 2.05) is 32.0 Å². The van der Waals surface area contributed by atoms with Crippen LogP contribution in [0.1, 0.15) is 13.8 Å². The minimum absolute atomic E-state index is 0.0371. The molecule has 1 rings (SSSR count). The van der Waals surface area contributed by atoms with E-state index in [0.29, 0.717) is 5.75 Å². The first-order valence-electron chi connectivity index (χ1n) is 6.27. The van der Waals surface area contributed by atoms with Crippen LogP contribution < -0.4 is 10.5 Å². The molecule has 0 unspecified atom stereocenters. The Kier molecular flexibility index (Phi) is 6.01. The fourth-order valence-electron chi connectivity index (χ4n) is 1.68. The highest BCUT2D eigenvalue weighted by molar-refractivity contribution is 9.10. The number of carbonyl (C=O) groups is 2. The first kappa shape index (κ1) is 16.5. The van der Waals surface area contributed by atoms with Crippen molar-refractivity contribution in [1.82, 2.24) is 4.90 Å². The summed E-state index contributed by atoms with van der Waals surface area (Å²) < 4.78 is 6.56. The molecule has 0 radical (unpaired) electrons. The molecule has 1 aromatic rings. The summed E-state index contributed by atoms with van der Waals surface area (Å²) >= 11 is 3.38. The Morgan fingerprint density at radius 2 is 1.95 bits per heavy atom. The number of benzene rings is 1. The molecule has 0 saturated carbocycles. The number of para-hydroxylation sites is 1. The molecule has 0 aromatic heterocycles. The second-order valence-corrected chi connectivity index (χ2v) is 5.73. The summed E-state index contributed by atoms with van der Waals surface area (Å²) in [5, 5.41) is 0. The van der Waals surface area contributed by atoms with Gasteiger partial charge in [-0.2, -0.15) is 0 Å². The van der Waals surface area contributed by atoms with Crippen LogP contribution in [0.25, 0.3) is 0 Å². The van der Waals surface area contributed by atoms with E-state index >= 15 is 0 Å². The van der Waals surface area contributed by atoms with Crippen molar-refractivity contribution in [3.05, 3.63) is 28.7 Å². The molecular formula is C14H19BrN2O3. The summed E-state index contributed by atoms with van der Waals surface area (Å²) in [6.45, 7) is 3.65. The summed E-state index contributed by atoms with van der Waals surface area (Å²) in [4.78, 5) is 24.5. The minimum atomic E-state index is -0.668. The van der Waals surface area contributed by atoms with Gasteiger partial charge in [-0.25, -0.2) is 0 Å². The summed E-state index contributed by atoms with van der Waals surface area (Å²) in [5.41, 5.74) is 5.10. The molecule has 0 saturated heterocycles. The Morgan fingerprint density at radius 3 is 2.45 bits per heavy atom. The maximum Gasteiger partial charge on any atom is 0.264 e. The molecular weight excluding hydrogens is 324 g/mol. The fourth-order valence-corrected chi connectivity index (χ4v) is 2.06. The zero-order valence-electron chi connectivity index (χ0n) is 11.8. The lowest BCUT2D eigenvalue weighted by Gasteiger charge is -2.26. The summed E-state index contributed by atoms with van der Waals surface area (Å²) in [7, 11) is 1.53. The van der Waals surface area contributed by atoms with Gasteiger partial charge in [-0.1, -0.05) is 26.0 Å². The normalized spacial score (nSPS) is 12.1. The van der Waals surface area contributed by atoms with E-state index < -0.39 is 12.0 Å². The Hall–Kier alpha value is -1.56. The predicted octanol–water partition coefficient (Wildman–Crippen LogP) is 1.80. The molecule has 0 aliphatic heterocycles. The highest BCUT2D eigenvalue weighted by Gasteiger charge is 2.28. The number of likely N-dealkylation sites (N-methyl/N-ethyl adjacent to an activating group) is 1. The first-order valence-corrected chi connectivity index (χ1v) is 7.06. The molecule has 6 heteroatoms. The van der Waals surface area contributed by atoms with Gasteiger partial charge >= 0.3 is 0 Å². The molecule has 110 valence electrons. The fraction of sp³-hybridized carbons (Fsp3) is 0.429. The number of hydrogen-bond donors (Lipinski definition) is 1. The SMILES string of the molecule is CC(C)[C@H](Oc1ccccc1Br)C(=O)N(C)CC(N)=O. The number of primary amides is 1. The molecule has 5 nitrogen and oxygen atoms in total. The molecule has 20 heavy (non-hydrogen) atoms. The maximum absolute atomic E-state index is 12.3. The zero-order chi connectivity index (χ0) is 15.3. The third-order valence-corrected chi connectivity index (χ3v) is 3.36. The highest BCUT2D eigenvalue weighted by Crippen LogP contribution is 2.26. The number of carbonyl (C=O) groups excluding carboxylic acids is 2. The Balaban J connectivity index is 2.87. The highest BCUT2D eigenvalue weighted by atomic mass is 79.9. The molecule has 2 amide bonds. The van der Waals surface area contributed by atoms with Crippen molar-refractivity contribution in [1.29, 1.82) is 0 Å². The lowest BCUT2D eigenvalue weighted by molar-refractivity contribution is -0.141. The van der Waals surface area contributed by atoms with Gasteiger partial charge in [0, 0.05) is 7.05 Å². The van der Waals surface area contributed by atoms with Gasteiger partial charge in [-0.05, 0) is 34.0 Å². The molecule has 0 bridgehead atoms. The quantitative estimate of drug-likeness (QED) is 0.856. The Morgan fingerprint density at radius 1 is 1.35 bits per heavy atom. The van der Waals surface area contributed by atoms with Crippen molar-refractivity contribution in [3.8, 4) is 5.75 Å². The average molecular weight is 343 g/mol. The van der Waals surface area contributed by atoms with E-state index in [9.17, 15) is 9.59 Å². The molecule has 1 aromatic carbocycles. The molecule has 0 aliphatic carbocycles. The number of halogens is 1. The van der Waals surface area contributed by atoms with Gasteiger partial charge in [0.25, 0.3) is 5.91 Å². The third kappa shape index (κ3) is 4.52. The Bertz CT molecular complexity index is 491. The monoisotopic (exact) mass is 342 g/mol. The van der Waals surface area contributed by atoms with Crippen molar-refractivity contribution in [2.45, 2.75) is 20.0 Å². The van der Waals surface area contributed by atoms with Crippen molar-refractivity contribution < 1.29 is 14.3 Å². The standard InChI is InChI=1S/C14H19BrN2O3/c1-9(2)13(14(19)17(3)8-12(16)18)20-11-7-5-4-6-10(11)15/h4-7,9,13H,8H2,1-3H3,(H2,16,18)/t13-/m0/s1. The summed E-state index contributed by atoms with van der Waals surface area (Å²) in [6.07, 6.45) is -0.668. The molecule has 2 N–H and O–H groups in total. The molecule has 0 fully saturated rings. The predicted molar refractivity (Wildman–Crippen MR) is 80.2 cm³/mol. The van der Waals surface area contributed by atoms with Crippen LogP contribution >= 0.6 is 15.9 Å². The van der Waals surface area contributed by atoms with Gasteiger partial charge < -0.3 is 15.4 Å². The second-order valence-electron chi connectivity index (χ2n) is 4.87. The van der Waals surface area contributed by atoms with Gasteiger partial charge in [0.2, 0.25) is 5.91 Å². The molecule has 0 aliphatic rings. The van der Waals surface area contributed by atoms with Gasteiger partial charge in [0.1, 0.15) is 5.75 Å². The molecule has 0 spiro atoms. The number of rotatable bonds is 6. The van der Waals surface area contributed by atoms with Crippen LogP contribution in [0.5, 0.6) is 5.75 Å². The number of hydrogen-bond acceptors (Lipinski definition) is 3. The second kappa shape index (κ2) is 7.28. The number of nitrogens with zero attached hydrogens (tertiary/aromatic N) is 1. The molecule has 1 atom stereocenters. The Labute approximate surface area is 127 Å². The van der Waals surface area contributed by atoms with Gasteiger partial charge in [0.05, 0.1) is 11.0 Å². The van der Waals surface area contributed by atoms with E-state index in [1.54, 1.807) is 6.07 Å². The van der Waals surface area contributed by atoms with E-state index in [1.165, 1.54) is 11.9 Å². The lowest BCUT2D eigenvalue weighted by atomic mass is 10.1. The van der Waals surface area contributed by atoms with E-state index in [2.05, 4.69) is 15.9 Å². The largest absolute Gasteiger partial charge is 0.479 e. The minimum Gasteiger partial charge on any atom is -0.479 e. The smallest absolute Gasteiger partial charge is 0.264 e. The number of amides is 2. The summed E-state index contributed by atoms with van der Waals surface area (Å²) in [5.74, 6) is -0.268. The van der Waals surface area contributed by atoms with Crippen molar-refractivity contribution in [2.24, 2.45) is 11.7 Å². The van der Waals surface area contributed by atoms with Crippen LogP contribution in [0.4, 0.5) is 0 Å². The van der Waals surface area contributed by atoms with E-state index in [4.69, 9.17) is 10.5 Å². The van der Waals surface area contributed by atoms with Crippen LogP contribution in [-0.2, 0) is 9.59 Å². The van der Waals surface area contributed by atoms with Gasteiger partial charge in [-0.3, -0.25) is 9.59 Å². The van der Waals surface area contributed by atoms with Gasteiger partial charge in [0.15, 0.2) is 6.10 Å². The van der Waals surface area contributed by atoms with E-state index in [0.717, 1.165) is 4.47 Å². The molecule has 0 heterocycles. The number of ether oxygens (including phenoxy) is 1. The number of nitrogens with two attached hydrogens (primary N) is 1. The maximum atomic E-state index is 12.3. The first-order chi connectivity index (χ1) is 9.32. The van der Waals surface area contributed by atoms with Crippen molar-refractivity contribution in [3.63, 3.8) is 0 Å². The van der Waals surface area contributed by atoms with Crippen LogP contribution in [0, 0.1) is 5.92 Å². The average Bonchev–Trinajstić information content (AvgIpc) is 2.35.